The number of morpholine rings is 1. The largest absolute Gasteiger partial charge is 0.379 e. The van der Waals surface area contributed by atoms with E-state index in [2.05, 4.69) is 20.2 Å². The number of rotatable bonds is 6. The Hall–Kier alpha value is -0.850. The van der Waals surface area contributed by atoms with Crippen LogP contribution in [0.15, 0.2) is 17.4 Å². The number of thioether (sulfide) groups is 1. The summed E-state index contributed by atoms with van der Waals surface area (Å²) in [4.78, 5) is 10.8. The third-order valence-corrected chi connectivity index (χ3v) is 3.55. The van der Waals surface area contributed by atoms with Crippen molar-refractivity contribution >= 4 is 17.6 Å². The van der Waals surface area contributed by atoms with Crippen molar-refractivity contribution in [1.29, 1.82) is 0 Å². The quantitative estimate of drug-likeness (QED) is 0.477. The zero-order valence-electron chi connectivity index (χ0n) is 10.8. The molecule has 0 saturated carbocycles. The first kappa shape index (κ1) is 13.6. The molecule has 0 radical (unpaired) electrons. The molecule has 5 nitrogen and oxygen atoms in total. The normalized spacial score (nSPS) is 16.7. The molecule has 0 aliphatic carbocycles. The summed E-state index contributed by atoms with van der Waals surface area (Å²) in [6, 6.07) is 1.99. The van der Waals surface area contributed by atoms with Crippen molar-refractivity contribution in [1.82, 2.24) is 14.9 Å². The summed E-state index contributed by atoms with van der Waals surface area (Å²) in [5.74, 6) is 0.913. The highest BCUT2D eigenvalue weighted by Crippen LogP contribution is 2.13. The Balaban J connectivity index is 1.65. The number of anilines is 1. The van der Waals surface area contributed by atoms with Gasteiger partial charge in [-0.1, -0.05) is 0 Å². The molecule has 0 unspecified atom stereocenters. The van der Waals surface area contributed by atoms with Gasteiger partial charge in [0, 0.05) is 25.7 Å². The van der Waals surface area contributed by atoms with Gasteiger partial charge < -0.3 is 10.1 Å². The lowest BCUT2D eigenvalue weighted by Crippen LogP contribution is -2.37. The minimum absolute atomic E-state index is 0.871. The van der Waals surface area contributed by atoms with Gasteiger partial charge in [-0.05, 0) is 19.2 Å². The molecule has 0 aromatic carbocycles. The highest BCUT2D eigenvalue weighted by molar-refractivity contribution is 7.98. The molecule has 1 aromatic rings. The monoisotopic (exact) mass is 268 g/mol. The minimum atomic E-state index is 0.871. The predicted molar refractivity (Wildman–Crippen MR) is 74.2 cm³/mol. The molecular weight excluding hydrogens is 248 g/mol. The lowest BCUT2D eigenvalue weighted by molar-refractivity contribution is 0.0378. The third-order valence-electron chi connectivity index (χ3n) is 2.91. The molecule has 100 valence electrons. The summed E-state index contributed by atoms with van der Waals surface area (Å²) < 4.78 is 5.32. The second-order valence-corrected chi connectivity index (χ2v) is 5.01. The van der Waals surface area contributed by atoms with Gasteiger partial charge in [0.1, 0.15) is 17.2 Å². The number of hydrogen-bond acceptors (Lipinski definition) is 6. The maximum Gasteiger partial charge on any atom is 0.130 e. The van der Waals surface area contributed by atoms with Gasteiger partial charge in [-0.15, -0.1) is 11.8 Å². The van der Waals surface area contributed by atoms with Crippen LogP contribution in [0, 0.1) is 0 Å². The summed E-state index contributed by atoms with van der Waals surface area (Å²) in [5.41, 5.74) is 0. The second-order valence-electron chi connectivity index (χ2n) is 4.18. The number of aromatic nitrogens is 2. The fourth-order valence-electron chi connectivity index (χ4n) is 1.89. The molecule has 1 aromatic heterocycles. The van der Waals surface area contributed by atoms with E-state index < -0.39 is 0 Å². The first-order valence-electron chi connectivity index (χ1n) is 6.28. The smallest absolute Gasteiger partial charge is 0.130 e. The molecule has 1 aliphatic rings. The Kier molecular flexibility index (Phi) is 5.70. The Morgan fingerprint density at radius 2 is 2.22 bits per heavy atom. The average Bonchev–Trinajstić information content (AvgIpc) is 2.45. The molecule has 18 heavy (non-hydrogen) atoms. The van der Waals surface area contributed by atoms with Crippen LogP contribution in [0.3, 0.4) is 0 Å². The van der Waals surface area contributed by atoms with Crippen molar-refractivity contribution < 1.29 is 4.74 Å². The molecule has 0 amide bonds. The summed E-state index contributed by atoms with van der Waals surface area (Å²) >= 11 is 1.63. The van der Waals surface area contributed by atoms with Crippen LogP contribution in [0.2, 0.25) is 0 Å². The zero-order valence-corrected chi connectivity index (χ0v) is 11.6. The first-order valence-corrected chi connectivity index (χ1v) is 7.51. The highest BCUT2D eigenvalue weighted by atomic mass is 32.2. The number of nitrogens with one attached hydrogen (secondary N) is 1. The van der Waals surface area contributed by atoms with Crippen LogP contribution in [-0.2, 0) is 4.74 Å². The van der Waals surface area contributed by atoms with E-state index in [4.69, 9.17) is 4.74 Å². The molecule has 1 N–H and O–H groups in total. The van der Waals surface area contributed by atoms with Crippen LogP contribution >= 0.6 is 11.8 Å². The van der Waals surface area contributed by atoms with E-state index in [0.29, 0.717) is 0 Å². The number of hydrogen-bond donors (Lipinski definition) is 1. The SMILES string of the molecule is CSc1cc(NCCCN2CCOCC2)ncn1. The molecule has 1 aliphatic heterocycles. The molecule has 0 atom stereocenters. The van der Waals surface area contributed by atoms with Gasteiger partial charge in [-0.3, -0.25) is 4.90 Å². The number of nitrogens with zero attached hydrogens (tertiary/aromatic N) is 3. The van der Waals surface area contributed by atoms with Gasteiger partial charge in [-0.25, -0.2) is 9.97 Å². The fourth-order valence-corrected chi connectivity index (χ4v) is 2.27. The summed E-state index contributed by atoms with van der Waals surface area (Å²) in [6.07, 6.45) is 4.75. The number of ether oxygens (including phenoxy) is 1. The van der Waals surface area contributed by atoms with E-state index >= 15 is 0 Å². The van der Waals surface area contributed by atoms with E-state index in [0.717, 1.165) is 56.7 Å². The Morgan fingerprint density at radius 1 is 1.39 bits per heavy atom. The summed E-state index contributed by atoms with van der Waals surface area (Å²) in [5, 5.41) is 4.34. The molecule has 2 rings (SSSR count). The Labute approximate surface area is 112 Å². The molecule has 1 saturated heterocycles. The molecule has 1 fully saturated rings. The van der Waals surface area contributed by atoms with Gasteiger partial charge in [0.2, 0.25) is 0 Å². The Bertz CT molecular complexity index is 358. The minimum Gasteiger partial charge on any atom is -0.379 e. The van der Waals surface area contributed by atoms with Crippen LogP contribution in [-0.4, -0.2) is 60.5 Å². The maximum absolute atomic E-state index is 5.32. The standard InChI is InChI=1S/C12H20N4OS/c1-18-12-9-11(14-10-15-12)13-3-2-4-16-5-7-17-8-6-16/h9-10H,2-8H2,1H3,(H,13,14,15). The van der Waals surface area contributed by atoms with Crippen molar-refractivity contribution in [3.63, 3.8) is 0 Å². The van der Waals surface area contributed by atoms with E-state index in [-0.39, 0.29) is 0 Å². The molecular formula is C12H20N4OS. The van der Waals surface area contributed by atoms with E-state index in [9.17, 15) is 0 Å². The maximum atomic E-state index is 5.32. The zero-order chi connectivity index (χ0) is 12.6. The van der Waals surface area contributed by atoms with Gasteiger partial charge in [0.15, 0.2) is 0 Å². The van der Waals surface area contributed by atoms with E-state index in [1.165, 1.54) is 0 Å². The van der Waals surface area contributed by atoms with Crippen molar-refractivity contribution in [2.45, 2.75) is 11.4 Å². The highest BCUT2D eigenvalue weighted by Gasteiger charge is 2.08. The summed E-state index contributed by atoms with van der Waals surface area (Å²) in [7, 11) is 0. The fraction of sp³-hybridized carbons (Fsp3) is 0.667. The van der Waals surface area contributed by atoms with Crippen molar-refractivity contribution in [2.75, 3.05) is 51.0 Å². The lowest BCUT2D eigenvalue weighted by atomic mass is 10.3. The lowest BCUT2D eigenvalue weighted by Gasteiger charge is -2.26. The van der Waals surface area contributed by atoms with Gasteiger partial charge >= 0.3 is 0 Å². The topological polar surface area (TPSA) is 50.3 Å². The predicted octanol–water partition coefficient (Wildman–Crippen LogP) is 1.33. The second kappa shape index (κ2) is 7.56. The van der Waals surface area contributed by atoms with Gasteiger partial charge in [0.05, 0.1) is 13.2 Å². The van der Waals surface area contributed by atoms with Crippen LogP contribution in [0.5, 0.6) is 0 Å². The summed E-state index contributed by atoms with van der Waals surface area (Å²) in [6.45, 7) is 5.93. The van der Waals surface area contributed by atoms with Gasteiger partial charge in [-0.2, -0.15) is 0 Å². The van der Waals surface area contributed by atoms with Gasteiger partial charge in [0.25, 0.3) is 0 Å². The van der Waals surface area contributed by atoms with E-state index in [1.807, 2.05) is 12.3 Å². The third kappa shape index (κ3) is 4.44. The molecule has 0 spiro atoms. The van der Waals surface area contributed by atoms with Crippen LogP contribution in [0.1, 0.15) is 6.42 Å². The molecule has 0 bridgehead atoms. The average molecular weight is 268 g/mol. The first-order chi connectivity index (χ1) is 8.88. The van der Waals surface area contributed by atoms with Crippen LogP contribution in [0.4, 0.5) is 5.82 Å². The van der Waals surface area contributed by atoms with Crippen molar-refractivity contribution in [2.24, 2.45) is 0 Å². The van der Waals surface area contributed by atoms with Crippen molar-refractivity contribution in [3.05, 3.63) is 12.4 Å². The molecule has 2 heterocycles. The van der Waals surface area contributed by atoms with Crippen LogP contribution < -0.4 is 5.32 Å². The van der Waals surface area contributed by atoms with E-state index in [1.54, 1.807) is 18.1 Å². The van der Waals surface area contributed by atoms with Crippen LogP contribution in [0.25, 0.3) is 0 Å². The Morgan fingerprint density at radius 3 is 3.00 bits per heavy atom. The van der Waals surface area contributed by atoms with Crippen molar-refractivity contribution in [3.8, 4) is 0 Å². The molecule has 6 heteroatoms.